The molecule has 24 heavy (non-hydrogen) atoms. The van der Waals surface area contributed by atoms with Crippen molar-refractivity contribution in [1.29, 1.82) is 0 Å². The number of H-pyrrole nitrogens is 1. The van der Waals surface area contributed by atoms with E-state index >= 15 is 0 Å². The van der Waals surface area contributed by atoms with Crippen LogP contribution in [0.3, 0.4) is 0 Å². The van der Waals surface area contributed by atoms with Crippen molar-refractivity contribution in [3.8, 4) is 0 Å². The van der Waals surface area contributed by atoms with Crippen molar-refractivity contribution in [2.75, 3.05) is 39.9 Å². The summed E-state index contributed by atoms with van der Waals surface area (Å²) in [6, 6.07) is 3.80. The van der Waals surface area contributed by atoms with E-state index in [-0.39, 0.29) is 17.2 Å². The molecule has 1 atom stereocenters. The van der Waals surface area contributed by atoms with Gasteiger partial charge in [-0.3, -0.25) is 9.59 Å². The highest BCUT2D eigenvalue weighted by Crippen LogP contribution is 2.40. The first kappa shape index (κ1) is 17.0. The quantitative estimate of drug-likeness (QED) is 0.891. The van der Waals surface area contributed by atoms with Gasteiger partial charge in [-0.15, -0.1) is 0 Å². The Morgan fingerprint density at radius 1 is 1.33 bits per heavy atom. The number of ether oxygens (including phenoxy) is 1. The minimum atomic E-state index is -0.387. The topological polar surface area (TPSA) is 65.6 Å². The number of nitrogens with zero attached hydrogens (tertiary/aromatic N) is 2. The molecule has 2 aliphatic rings. The first-order valence-electron chi connectivity index (χ1n) is 8.85. The highest BCUT2D eigenvalue weighted by Gasteiger charge is 2.49. The Bertz CT molecular complexity index is 612. The second-order valence-electron chi connectivity index (χ2n) is 6.90. The summed E-state index contributed by atoms with van der Waals surface area (Å²) in [5, 5.41) is 0. The molecular formula is C18H27N3O3. The predicted octanol–water partition coefficient (Wildman–Crippen LogP) is 1.68. The minimum absolute atomic E-state index is 0.00777. The summed E-state index contributed by atoms with van der Waals surface area (Å²) in [6.45, 7) is 5.25. The third kappa shape index (κ3) is 3.07. The maximum Gasteiger partial charge on any atom is 0.270 e. The first-order valence-corrected chi connectivity index (χ1v) is 8.85. The van der Waals surface area contributed by atoms with Crippen LogP contribution in [-0.4, -0.2) is 66.5 Å². The third-order valence-corrected chi connectivity index (χ3v) is 5.39. The normalized spacial score (nSPS) is 24.2. The standard InChI is InChI=1S/C18H27N3O3/c1-3-14-5-6-15(19-14)16(22)21-10-8-18(13-21)7-4-9-20(17(18)23)11-12-24-2/h5-6,19H,3-4,7-13H2,1-2H3. The molecule has 3 rings (SSSR count). The Morgan fingerprint density at radius 3 is 2.88 bits per heavy atom. The van der Waals surface area contributed by atoms with Crippen molar-refractivity contribution >= 4 is 11.8 Å². The van der Waals surface area contributed by atoms with Gasteiger partial charge in [-0.05, 0) is 37.8 Å². The van der Waals surface area contributed by atoms with Crippen LogP contribution < -0.4 is 0 Å². The van der Waals surface area contributed by atoms with Crippen LogP contribution >= 0.6 is 0 Å². The monoisotopic (exact) mass is 333 g/mol. The number of rotatable bonds is 5. The predicted molar refractivity (Wildman–Crippen MR) is 90.8 cm³/mol. The number of likely N-dealkylation sites (tertiary alicyclic amines) is 2. The fraction of sp³-hybridized carbons (Fsp3) is 0.667. The minimum Gasteiger partial charge on any atom is -0.383 e. The van der Waals surface area contributed by atoms with E-state index in [1.807, 2.05) is 21.9 Å². The molecule has 1 aromatic heterocycles. The average molecular weight is 333 g/mol. The molecule has 0 radical (unpaired) electrons. The number of amides is 2. The van der Waals surface area contributed by atoms with E-state index in [0.717, 1.165) is 37.9 Å². The lowest BCUT2D eigenvalue weighted by Gasteiger charge is -2.39. The van der Waals surface area contributed by atoms with Gasteiger partial charge < -0.3 is 19.5 Å². The van der Waals surface area contributed by atoms with E-state index in [9.17, 15) is 9.59 Å². The number of hydrogen-bond donors (Lipinski definition) is 1. The van der Waals surface area contributed by atoms with Gasteiger partial charge >= 0.3 is 0 Å². The summed E-state index contributed by atoms with van der Waals surface area (Å²) in [5.74, 6) is 0.204. The number of carbonyl (C=O) groups excluding carboxylic acids is 2. The molecule has 2 amide bonds. The van der Waals surface area contributed by atoms with Gasteiger partial charge in [0.2, 0.25) is 5.91 Å². The van der Waals surface area contributed by atoms with Crippen molar-refractivity contribution in [2.45, 2.75) is 32.6 Å². The van der Waals surface area contributed by atoms with Crippen LogP contribution in [0.5, 0.6) is 0 Å². The van der Waals surface area contributed by atoms with Crippen LogP contribution in [0, 0.1) is 5.41 Å². The van der Waals surface area contributed by atoms with Crippen LogP contribution in [-0.2, 0) is 16.0 Å². The zero-order chi connectivity index (χ0) is 17.2. The highest BCUT2D eigenvalue weighted by molar-refractivity contribution is 5.94. The lowest BCUT2D eigenvalue weighted by molar-refractivity contribution is -0.146. The van der Waals surface area contributed by atoms with E-state index in [1.54, 1.807) is 7.11 Å². The SMILES string of the molecule is CCc1ccc(C(=O)N2CCC3(CCCN(CCOC)C3=O)C2)[nH]1. The molecule has 3 heterocycles. The van der Waals surface area contributed by atoms with Gasteiger partial charge in [-0.25, -0.2) is 0 Å². The van der Waals surface area contributed by atoms with Crippen molar-refractivity contribution in [3.05, 3.63) is 23.5 Å². The Labute approximate surface area is 143 Å². The largest absolute Gasteiger partial charge is 0.383 e. The number of methoxy groups -OCH3 is 1. The van der Waals surface area contributed by atoms with Crippen molar-refractivity contribution in [3.63, 3.8) is 0 Å². The molecule has 1 N–H and O–H groups in total. The molecule has 0 saturated carbocycles. The lowest BCUT2D eigenvalue weighted by Crippen LogP contribution is -2.51. The summed E-state index contributed by atoms with van der Waals surface area (Å²) in [6.07, 6.45) is 3.52. The molecule has 6 heteroatoms. The second kappa shape index (κ2) is 6.97. The van der Waals surface area contributed by atoms with Crippen molar-refractivity contribution in [2.24, 2.45) is 5.41 Å². The zero-order valence-electron chi connectivity index (χ0n) is 14.6. The Balaban J connectivity index is 1.69. The highest BCUT2D eigenvalue weighted by atomic mass is 16.5. The number of aromatic nitrogens is 1. The molecule has 6 nitrogen and oxygen atoms in total. The van der Waals surface area contributed by atoms with Gasteiger partial charge in [0.1, 0.15) is 5.69 Å². The summed E-state index contributed by atoms with van der Waals surface area (Å²) in [7, 11) is 1.65. The van der Waals surface area contributed by atoms with E-state index in [4.69, 9.17) is 4.74 Å². The first-order chi connectivity index (χ1) is 11.6. The fourth-order valence-corrected chi connectivity index (χ4v) is 3.93. The van der Waals surface area contributed by atoms with E-state index in [1.165, 1.54) is 0 Å². The van der Waals surface area contributed by atoms with Crippen LogP contribution in [0.25, 0.3) is 0 Å². The van der Waals surface area contributed by atoms with Crippen molar-refractivity contribution in [1.82, 2.24) is 14.8 Å². The molecule has 1 spiro atoms. The van der Waals surface area contributed by atoms with Gasteiger partial charge in [0, 0.05) is 39.0 Å². The molecule has 1 unspecified atom stereocenters. The van der Waals surface area contributed by atoms with Gasteiger partial charge in [-0.1, -0.05) is 6.92 Å². The van der Waals surface area contributed by atoms with Crippen LogP contribution in [0.15, 0.2) is 12.1 Å². The van der Waals surface area contributed by atoms with E-state index < -0.39 is 0 Å². The third-order valence-electron chi connectivity index (χ3n) is 5.39. The number of nitrogens with one attached hydrogen (secondary N) is 1. The lowest BCUT2D eigenvalue weighted by atomic mass is 9.78. The number of piperidine rings is 1. The molecule has 1 aromatic rings. The smallest absolute Gasteiger partial charge is 0.270 e. The fourth-order valence-electron chi connectivity index (χ4n) is 3.93. The van der Waals surface area contributed by atoms with E-state index in [0.29, 0.717) is 31.9 Å². The van der Waals surface area contributed by atoms with E-state index in [2.05, 4.69) is 11.9 Å². The maximum atomic E-state index is 12.9. The zero-order valence-corrected chi connectivity index (χ0v) is 14.6. The number of hydrogen-bond acceptors (Lipinski definition) is 3. The molecule has 2 fully saturated rings. The summed E-state index contributed by atoms with van der Waals surface area (Å²) in [5.41, 5.74) is 1.30. The second-order valence-corrected chi connectivity index (χ2v) is 6.90. The molecule has 0 bridgehead atoms. The van der Waals surface area contributed by atoms with Gasteiger partial charge in [-0.2, -0.15) is 0 Å². The van der Waals surface area contributed by atoms with Crippen LogP contribution in [0.2, 0.25) is 0 Å². The number of aryl methyl sites for hydroxylation is 1. The number of aromatic amines is 1. The summed E-state index contributed by atoms with van der Waals surface area (Å²) >= 11 is 0. The molecule has 132 valence electrons. The van der Waals surface area contributed by atoms with Gasteiger partial charge in [0.15, 0.2) is 0 Å². The molecular weight excluding hydrogens is 306 g/mol. The van der Waals surface area contributed by atoms with Gasteiger partial charge in [0.05, 0.1) is 12.0 Å². The van der Waals surface area contributed by atoms with Crippen LogP contribution in [0.4, 0.5) is 0 Å². The Hall–Kier alpha value is -1.82. The maximum absolute atomic E-state index is 12.9. The average Bonchev–Trinajstić information content (AvgIpc) is 3.24. The summed E-state index contributed by atoms with van der Waals surface area (Å²) in [4.78, 5) is 32.6. The summed E-state index contributed by atoms with van der Waals surface area (Å²) < 4.78 is 5.11. The Kier molecular flexibility index (Phi) is 4.94. The number of carbonyl (C=O) groups is 2. The molecule has 0 aromatic carbocycles. The van der Waals surface area contributed by atoms with Gasteiger partial charge in [0.25, 0.3) is 5.91 Å². The molecule has 2 saturated heterocycles. The Morgan fingerprint density at radius 2 is 2.17 bits per heavy atom. The van der Waals surface area contributed by atoms with Crippen molar-refractivity contribution < 1.29 is 14.3 Å². The molecule has 2 aliphatic heterocycles. The molecule has 0 aliphatic carbocycles. The van der Waals surface area contributed by atoms with Crippen LogP contribution in [0.1, 0.15) is 42.4 Å².